The van der Waals surface area contributed by atoms with Crippen molar-refractivity contribution in [3.63, 3.8) is 0 Å². The minimum Gasteiger partial charge on any atom is -0.465 e. The minimum absolute atomic E-state index is 0.183. The molecule has 0 aliphatic rings. The summed E-state index contributed by atoms with van der Waals surface area (Å²) in [6.07, 6.45) is 1.69. The Morgan fingerprint density at radius 3 is 2.78 bits per heavy atom. The van der Waals surface area contributed by atoms with Crippen LogP contribution in [0.1, 0.15) is 26.7 Å². The van der Waals surface area contributed by atoms with Crippen LogP contribution in [0.5, 0.6) is 0 Å². The second-order valence-corrected chi connectivity index (χ2v) is 5.49. The van der Waals surface area contributed by atoms with Crippen molar-refractivity contribution in [3.05, 3.63) is 23.2 Å². The molecule has 1 aromatic carbocycles. The number of anilines is 1. The van der Waals surface area contributed by atoms with Crippen LogP contribution in [0, 0.1) is 0 Å². The summed E-state index contributed by atoms with van der Waals surface area (Å²) in [5, 5.41) is 0.362. The van der Waals surface area contributed by atoms with Crippen molar-refractivity contribution in [2.24, 2.45) is 0 Å². The lowest BCUT2D eigenvalue weighted by molar-refractivity contribution is -0.142. The van der Waals surface area contributed by atoms with E-state index in [0.717, 1.165) is 17.7 Å². The van der Waals surface area contributed by atoms with Crippen LogP contribution in [0.25, 0.3) is 0 Å². The first-order valence-electron chi connectivity index (χ1n) is 5.96. The fraction of sp³-hybridized carbons (Fsp3) is 0.462. The molecule has 0 radical (unpaired) electrons. The van der Waals surface area contributed by atoms with Gasteiger partial charge in [0, 0.05) is 10.6 Å². The number of benzene rings is 1. The summed E-state index contributed by atoms with van der Waals surface area (Å²) < 4.78 is 5.06. The maximum Gasteiger partial charge on any atom is 0.319 e. The van der Waals surface area contributed by atoms with Gasteiger partial charge in [-0.15, -0.1) is 11.8 Å². The smallest absolute Gasteiger partial charge is 0.319 e. The highest BCUT2D eigenvalue weighted by Gasteiger charge is 2.21. The van der Waals surface area contributed by atoms with E-state index in [2.05, 4.69) is 0 Å². The van der Waals surface area contributed by atoms with Gasteiger partial charge in [-0.2, -0.15) is 0 Å². The highest BCUT2D eigenvalue weighted by Crippen LogP contribution is 2.33. The monoisotopic (exact) mass is 287 g/mol. The number of nitrogens with two attached hydrogens (primary N) is 1. The zero-order valence-corrected chi connectivity index (χ0v) is 12.2. The summed E-state index contributed by atoms with van der Waals surface area (Å²) in [6.45, 7) is 4.24. The number of nitrogen functional groups attached to an aromatic ring is 1. The molecule has 0 heterocycles. The van der Waals surface area contributed by atoms with E-state index >= 15 is 0 Å². The number of thioether (sulfide) groups is 1. The van der Waals surface area contributed by atoms with Gasteiger partial charge in [-0.1, -0.05) is 24.9 Å². The van der Waals surface area contributed by atoms with E-state index in [0.29, 0.717) is 17.3 Å². The summed E-state index contributed by atoms with van der Waals surface area (Å²) in [5.74, 6) is -0.183. The third kappa shape index (κ3) is 4.42. The first-order chi connectivity index (χ1) is 8.58. The molecule has 0 bridgehead atoms. The van der Waals surface area contributed by atoms with E-state index in [1.165, 1.54) is 11.8 Å². The van der Waals surface area contributed by atoms with Gasteiger partial charge in [0.1, 0.15) is 5.25 Å². The van der Waals surface area contributed by atoms with Crippen LogP contribution in [0.15, 0.2) is 23.1 Å². The summed E-state index contributed by atoms with van der Waals surface area (Å²) in [7, 11) is 0. The topological polar surface area (TPSA) is 52.3 Å². The molecule has 1 rings (SSSR count). The van der Waals surface area contributed by atoms with Gasteiger partial charge in [-0.3, -0.25) is 4.79 Å². The fourth-order valence-electron chi connectivity index (χ4n) is 1.49. The van der Waals surface area contributed by atoms with Crippen molar-refractivity contribution in [1.82, 2.24) is 0 Å². The lowest BCUT2D eigenvalue weighted by Crippen LogP contribution is -2.20. The van der Waals surface area contributed by atoms with Gasteiger partial charge < -0.3 is 10.5 Å². The largest absolute Gasteiger partial charge is 0.465 e. The third-order valence-electron chi connectivity index (χ3n) is 2.33. The van der Waals surface area contributed by atoms with Crippen molar-refractivity contribution in [3.8, 4) is 0 Å². The number of rotatable bonds is 6. The molecular formula is C13H18ClNO2S. The number of esters is 1. The molecule has 0 aliphatic carbocycles. The van der Waals surface area contributed by atoms with Crippen molar-refractivity contribution < 1.29 is 9.53 Å². The molecular weight excluding hydrogens is 270 g/mol. The molecule has 0 aliphatic heterocycles. The van der Waals surface area contributed by atoms with E-state index in [1.54, 1.807) is 12.1 Å². The SMILES string of the molecule is CCCC(Sc1ccc(N)cc1Cl)C(=O)OCC. The van der Waals surface area contributed by atoms with Gasteiger partial charge in [0.05, 0.1) is 11.6 Å². The van der Waals surface area contributed by atoms with E-state index in [9.17, 15) is 4.79 Å². The van der Waals surface area contributed by atoms with Gasteiger partial charge in [0.2, 0.25) is 0 Å². The van der Waals surface area contributed by atoms with Crippen LogP contribution in [0.3, 0.4) is 0 Å². The summed E-state index contributed by atoms with van der Waals surface area (Å²) in [5.41, 5.74) is 6.26. The highest BCUT2D eigenvalue weighted by atomic mass is 35.5. The predicted octanol–water partition coefficient (Wildman–Crippen LogP) is 3.75. The van der Waals surface area contributed by atoms with Crippen molar-refractivity contribution in [2.75, 3.05) is 12.3 Å². The Morgan fingerprint density at radius 1 is 1.50 bits per heavy atom. The number of hydrogen-bond donors (Lipinski definition) is 1. The number of halogens is 1. The molecule has 5 heteroatoms. The Bertz CT molecular complexity index is 412. The van der Waals surface area contributed by atoms with Crippen LogP contribution in [-0.4, -0.2) is 17.8 Å². The van der Waals surface area contributed by atoms with Gasteiger partial charge in [0.15, 0.2) is 0 Å². The van der Waals surface area contributed by atoms with Gasteiger partial charge in [0.25, 0.3) is 0 Å². The molecule has 1 atom stereocenters. The van der Waals surface area contributed by atoms with Gasteiger partial charge >= 0.3 is 5.97 Å². The molecule has 18 heavy (non-hydrogen) atoms. The maximum atomic E-state index is 11.8. The molecule has 0 amide bonds. The Kier molecular flexibility index (Phi) is 6.36. The molecule has 0 fully saturated rings. The van der Waals surface area contributed by atoms with E-state index in [4.69, 9.17) is 22.1 Å². The highest BCUT2D eigenvalue weighted by molar-refractivity contribution is 8.00. The van der Waals surface area contributed by atoms with Gasteiger partial charge in [-0.25, -0.2) is 0 Å². The zero-order chi connectivity index (χ0) is 13.5. The Hall–Kier alpha value is -0.870. The molecule has 0 saturated carbocycles. The van der Waals surface area contributed by atoms with Gasteiger partial charge in [-0.05, 0) is 31.5 Å². The van der Waals surface area contributed by atoms with E-state index in [1.807, 2.05) is 19.9 Å². The van der Waals surface area contributed by atoms with Crippen LogP contribution >= 0.6 is 23.4 Å². The third-order valence-corrected chi connectivity index (χ3v) is 4.07. The summed E-state index contributed by atoms with van der Waals surface area (Å²) >= 11 is 7.54. The molecule has 2 N–H and O–H groups in total. The first-order valence-corrected chi connectivity index (χ1v) is 7.22. The molecule has 0 spiro atoms. The minimum atomic E-state index is -0.212. The summed E-state index contributed by atoms with van der Waals surface area (Å²) in [6, 6.07) is 5.31. The normalized spacial score (nSPS) is 12.2. The molecule has 1 aromatic rings. The molecule has 100 valence electrons. The second kappa shape index (κ2) is 7.54. The maximum absolute atomic E-state index is 11.8. The number of carbonyl (C=O) groups excluding carboxylic acids is 1. The number of ether oxygens (including phenoxy) is 1. The standard InChI is InChI=1S/C13H18ClNO2S/c1-3-5-12(13(16)17-4-2)18-11-7-6-9(15)8-10(11)14/h6-8,12H,3-5,15H2,1-2H3. The Morgan fingerprint density at radius 2 is 2.22 bits per heavy atom. The Balaban J connectivity index is 2.79. The van der Waals surface area contributed by atoms with E-state index < -0.39 is 0 Å². The molecule has 3 nitrogen and oxygen atoms in total. The molecule has 1 unspecified atom stereocenters. The lowest BCUT2D eigenvalue weighted by Gasteiger charge is -2.15. The zero-order valence-electron chi connectivity index (χ0n) is 10.6. The number of carbonyl (C=O) groups is 1. The van der Waals surface area contributed by atoms with Crippen molar-refractivity contribution in [2.45, 2.75) is 36.8 Å². The Labute approximate surface area is 117 Å². The van der Waals surface area contributed by atoms with Crippen LogP contribution in [-0.2, 0) is 9.53 Å². The molecule has 0 aromatic heterocycles. The van der Waals surface area contributed by atoms with Crippen molar-refractivity contribution >= 4 is 35.0 Å². The van der Waals surface area contributed by atoms with Crippen molar-refractivity contribution in [1.29, 1.82) is 0 Å². The predicted molar refractivity (Wildman–Crippen MR) is 77.1 cm³/mol. The average Bonchev–Trinajstić information content (AvgIpc) is 2.32. The van der Waals surface area contributed by atoms with Crippen LogP contribution in [0.2, 0.25) is 5.02 Å². The first kappa shape index (κ1) is 15.2. The van der Waals surface area contributed by atoms with Crippen LogP contribution in [0.4, 0.5) is 5.69 Å². The summed E-state index contributed by atoms with van der Waals surface area (Å²) in [4.78, 5) is 12.7. The lowest BCUT2D eigenvalue weighted by atomic mass is 10.2. The molecule has 0 saturated heterocycles. The van der Waals surface area contributed by atoms with E-state index in [-0.39, 0.29) is 11.2 Å². The fourth-order valence-corrected chi connectivity index (χ4v) is 2.95. The average molecular weight is 288 g/mol. The van der Waals surface area contributed by atoms with Crippen LogP contribution < -0.4 is 5.73 Å². The second-order valence-electron chi connectivity index (χ2n) is 3.84. The quantitative estimate of drug-likeness (QED) is 0.492. The number of hydrogen-bond acceptors (Lipinski definition) is 4.